The van der Waals surface area contributed by atoms with Crippen molar-refractivity contribution in [3.63, 3.8) is 0 Å². The van der Waals surface area contributed by atoms with Crippen LogP contribution in [0, 0.1) is 10.1 Å². The summed E-state index contributed by atoms with van der Waals surface area (Å²) < 4.78 is 0. The number of nitrogens with one attached hydrogen (secondary N) is 1. The van der Waals surface area contributed by atoms with Gasteiger partial charge in [0.1, 0.15) is 5.82 Å². The van der Waals surface area contributed by atoms with Crippen LogP contribution in [0.25, 0.3) is 0 Å². The highest BCUT2D eigenvalue weighted by Crippen LogP contribution is 2.21. The number of H-pyrrole nitrogens is 1. The summed E-state index contributed by atoms with van der Waals surface area (Å²) in [5, 5.41) is 19.1. The van der Waals surface area contributed by atoms with Crippen LogP contribution in [0.4, 0.5) is 5.69 Å². The van der Waals surface area contributed by atoms with E-state index in [1.165, 1.54) is 23.9 Å². The maximum atomic E-state index is 10.6. The minimum absolute atomic E-state index is 0.0897. The molecule has 8 heteroatoms. The van der Waals surface area contributed by atoms with E-state index in [4.69, 9.17) is 11.6 Å². The Hall–Kier alpha value is -2.38. The van der Waals surface area contributed by atoms with Crippen molar-refractivity contribution in [3.05, 3.63) is 80.6 Å². The number of benzene rings is 2. The molecule has 0 aliphatic heterocycles. The summed E-state index contributed by atoms with van der Waals surface area (Å²) in [5.74, 6) is 1.43. The number of halogens is 1. The third-order valence-corrected chi connectivity index (χ3v) is 4.48. The van der Waals surface area contributed by atoms with E-state index in [9.17, 15) is 10.1 Å². The quantitative estimate of drug-likeness (QED) is 0.403. The Balaban J connectivity index is 1.57. The number of non-ortho nitro benzene ring substituents is 1. The van der Waals surface area contributed by atoms with Gasteiger partial charge in [0.25, 0.3) is 5.69 Å². The first-order valence-electron chi connectivity index (χ1n) is 7.12. The number of nitro groups is 1. The van der Waals surface area contributed by atoms with Crippen LogP contribution in [-0.2, 0) is 12.2 Å². The fraction of sp³-hybridized carbons (Fsp3) is 0.125. The SMILES string of the molecule is O=[N+]([O-])c1ccc(CSc2n[nH]c(Cc3ccc(Cl)cc3)n2)cc1. The third kappa shape index (κ3) is 4.33. The van der Waals surface area contributed by atoms with Gasteiger partial charge < -0.3 is 0 Å². The Bertz CT molecular complexity index is 834. The normalized spacial score (nSPS) is 10.7. The van der Waals surface area contributed by atoms with Crippen LogP contribution in [0.3, 0.4) is 0 Å². The summed E-state index contributed by atoms with van der Waals surface area (Å²) in [7, 11) is 0. The van der Waals surface area contributed by atoms with Crippen LogP contribution in [0.1, 0.15) is 17.0 Å². The predicted molar refractivity (Wildman–Crippen MR) is 93.3 cm³/mol. The van der Waals surface area contributed by atoms with E-state index in [1.807, 2.05) is 24.3 Å². The van der Waals surface area contributed by atoms with Crippen molar-refractivity contribution < 1.29 is 4.92 Å². The van der Waals surface area contributed by atoms with Crippen LogP contribution >= 0.6 is 23.4 Å². The molecule has 1 aromatic heterocycles. The van der Waals surface area contributed by atoms with Gasteiger partial charge in [-0.15, -0.1) is 5.10 Å². The average molecular weight is 361 g/mol. The molecular formula is C16H13ClN4O2S. The second-order valence-corrected chi connectivity index (χ2v) is 6.46. The summed E-state index contributed by atoms with van der Waals surface area (Å²) in [4.78, 5) is 14.7. The molecule has 1 N–H and O–H groups in total. The van der Waals surface area contributed by atoms with Crippen molar-refractivity contribution in [3.8, 4) is 0 Å². The summed E-state index contributed by atoms with van der Waals surface area (Å²) in [6.07, 6.45) is 0.655. The zero-order valence-electron chi connectivity index (χ0n) is 12.5. The van der Waals surface area contributed by atoms with Crippen molar-refractivity contribution >= 4 is 29.1 Å². The van der Waals surface area contributed by atoms with E-state index in [-0.39, 0.29) is 5.69 Å². The third-order valence-electron chi connectivity index (χ3n) is 3.31. The molecule has 0 radical (unpaired) electrons. The molecule has 122 valence electrons. The Kier molecular flexibility index (Phi) is 5.12. The van der Waals surface area contributed by atoms with Gasteiger partial charge in [-0.05, 0) is 23.3 Å². The van der Waals surface area contributed by atoms with Crippen molar-refractivity contribution in [1.29, 1.82) is 0 Å². The Morgan fingerprint density at radius 3 is 2.42 bits per heavy atom. The highest BCUT2D eigenvalue weighted by molar-refractivity contribution is 7.98. The largest absolute Gasteiger partial charge is 0.269 e. The number of nitrogens with zero attached hydrogens (tertiary/aromatic N) is 3. The van der Waals surface area contributed by atoms with Gasteiger partial charge in [0, 0.05) is 29.3 Å². The van der Waals surface area contributed by atoms with Crippen molar-refractivity contribution in [2.24, 2.45) is 0 Å². The van der Waals surface area contributed by atoms with E-state index in [0.29, 0.717) is 22.4 Å². The highest BCUT2D eigenvalue weighted by Gasteiger charge is 2.07. The number of aromatic nitrogens is 3. The van der Waals surface area contributed by atoms with Crippen molar-refractivity contribution in [2.75, 3.05) is 0 Å². The Morgan fingerprint density at radius 2 is 1.75 bits per heavy atom. The lowest BCUT2D eigenvalue weighted by atomic mass is 10.1. The molecule has 3 aromatic rings. The lowest BCUT2D eigenvalue weighted by molar-refractivity contribution is -0.384. The molecule has 0 bridgehead atoms. The molecular weight excluding hydrogens is 348 g/mol. The minimum atomic E-state index is -0.408. The standard InChI is InChI=1S/C16H13ClN4O2S/c17-13-5-1-11(2-6-13)9-15-18-16(20-19-15)24-10-12-3-7-14(8-4-12)21(22)23/h1-8H,9-10H2,(H,18,19,20). The second kappa shape index (κ2) is 7.46. The van der Waals surface area contributed by atoms with Crippen LogP contribution in [0.2, 0.25) is 5.02 Å². The van der Waals surface area contributed by atoms with Gasteiger partial charge in [-0.1, -0.05) is 47.6 Å². The summed E-state index contributed by atoms with van der Waals surface area (Å²) in [6.45, 7) is 0. The highest BCUT2D eigenvalue weighted by atomic mass is 35.5. The topological polar surface area (TPSA) is 84.7 Å². The zero-order chi connectivity index (χ0) is 16.9. The lowest BCUT2D eigenvalue weighted by Crippen LogP contribution is -1.90. The van der Waals surface area contributed by atoms with Crippen molar-refractivity contribution in [2.45, 2.75) is 17.3 Å². The molecule has 0 aliphatic rings. The number of hydrogen-bond acceptors (Lipinski definition) is 5. The maximum Gasteiger partial charge on any atom is 0.269 e. The fourth-order valence-electron chi connectivity index (χ4n) is 2.08. The number of aromatic amines is 1. The minimum Gasteiger partial charge on any atom is -0.262 e. The van der Waals surface area contributed by atoms with E-state index < -0.39 is 4.92 Å². The maximum absolute atomic E-state index is 10.6. The van der Waals surface area contributed by atoms with Gasteiger partial charge in [-0.2, -0.15) is 0 Å². The lowest BCUT2D eigenvalue weighted by Gasteiger charge is -1.98. The summed E-state index contributed by atoms with van der Waals surface area (Å²) in [5.41, 5.74) is 2.17. The van der Waals surface area contributed by atoms with Gasteiger partial charge in [0.15, 0.2) is 0 Å². The predicted octanol–water partition coefficient (Wildman–Crippen LogP) is 4.25. The second-order valence-electron chi connectivity index (χ2n) is 5.08. The van der Waals surface area contributed by atoms with E-state index in [0.717, 1.165) is 17.0 Å². The molecule has 0 amide bonds. The van der Waals surface area contributed by atoms with Gasteiger partial charge in [0.2, 0.25) is 5.16 Å². The van der Waals surface area contributed by atoms with Gasteiger partial charge in [0.05, 0.1) is 4.92 Å². The fourth-order valence-corrected chi connectivity index (χ4v) is 2.98. The van der Waals surface area contributed by atoms with Crippen LogP contribution in [0.15, 0.2) is 53.7 Å². The molecule has 1 heterocycles. The molecule has 2 aromatic carbocycles. The number of rotatable bonds is 6. The summed E-state index contributed by atoms with van der Waals surface area (Å²) >= 11 is 7.35. The summed E-state index contributed by atoms with van der Waals surface area (Å²) in [6, 6.07) is 14.1. The van der Waals surface area contributed by atoms with Crippen molar-refractivity contribution in [1.82, 2.24) is 15.2 Å². The molecule has 0 saturated carbocycles. The average Bonchev–Trinajstić information content (AvgIpc) is 3.03. The molecule has 0 fully saturated rings. The molecule has 6 nitrogen and oxygen atoms in total. The number of thioether (sulfide) groups is 1. The smallest absolute Gasteiger partial charge is 0.262 e. The number of nitro benzene ring substituents is 1. The molecule has 0 spiro atoms. The first-order valence-corrected chi connectivity index (χ1v) is 8.48. The molecule has 0 atom stereocenters. The van der Waals surface area contributed by atoms with Crippen LogP contribution in [0.5, 0.6) is 0 Å². The van der Waals surface area contributed by atoms with Gasteiger partial charge >= 0.3 is 0 Å². The first-order chi connectivity index (χ1) is 11.6. The Morgan fingerprint density at radius 1 is 1.08 bits per heavy atom. The van der Waals surface area contributed by atoms with Gasteiger partial charge in [-0.3, -0.25) is 15.2 Å². The van der Waals surface area contributed by atoms with Crippen LogP contribution in [-0.4, -0.2) is 20.1 Å². The molecule has 24 heavy (non-hydrogen) atoms. The van der Waals surface area contributed by atoms with E-state index >= 15 is 0 Å². The molecule has 0 aliphatic carbocycles. The van der Waals surface area contributed by atoms with Gasteiger partial charge in [-0.25, -0.2) is 4.98 Å². The van der Waals surface area contributed by atoms with Crippen LogP contribution < -0.4 is 0 Å². The van der Waals surface area contributed by atoms with E-state index in [1.54, 1.807) is 12.1 Å². The Labute approximate surface area is 147 Å². The van der Waals surface area contributed by atoms with E-state index in [2.05, 4.69) is 15.2 Å². The first kappa shape index (κ1) is 16.5. The number of hydrogen-bond donors (Lipinski definition) is 1. The molecule has 0 unspecified atom stereocenters. The zero-order valence-corrected chi connectivity index (χ0v) is 14.0. The monoisotopic (exact) mass is 360 g/mol. The molecule has 3 rings (SSSR count). The molecule has 0 saturated heterocycles.